The van der Waals surface area contributed by atoms with Crippen molar-refractivity contribution in [2.45, 2.75) is 13.0 Å². The number of anilines is 1. The highest BCUT2D eigenvalue weighted by atomic mass is 79.9. The van der Waals surface area contributed by atoms with Crippen LogP contribution in [0.1, 0.15) is 17.2 Å². The molecule has 2 N–H and O–H groups in total. The summed E-state index contributed by atoms with van der Waals surface area (Å²) in [6, 6.07) is 13.3. The summed E-state index contributed by atoms with van der Waals surface area (Å²) in [7, 11) is 0. The number of aryl methyl sites for hydroxylation is 1. The number of halogens is 2. The molecule has 2 nitrogen and oxygen atoms in total. The van der Waals surface area contributed by atoms with Crippen LogP contribution >= 0.6 is 27.5 Å². The lowest BCUT2D eigenvalue weighted by Crippen LogP contribution is -2.12. The first-order chi connectivity index (χ1) is 9.04. The summed E-state index contributed by atoms with van der Waals surface area (Å²) >= 11 is 9.28. The molecule has 2 rings (SSSR count). The Labute approximate surface area is 126 Å². The second-order valence-corrected chi connectivity index (χ2v) is 5.82. The average Bonchev–Trinajstić information content (AvgIpc) is 2.36. The summed E-state index contributed by atoms with van der Waals surface area (Å²) in [5.41, 5.74) is 3.00. The molecule has 0 amide bonds. The molecule has 0 aliphatic heterocycles. The first-order valence-corrected chi connectivity index (χ1v) is 7.16. The third kappa shape index (κ3) is 4.23. The van der Waals surface area contributed by atoms with Crippen LogP contribution in [0.25, 0.3) is 0 Å². The number of rotatable bonds is 4. The third-order valence-corrected chi connectivity index (χ3v) is 3.51. The number of hydrogen-bond donors (Lipinski definition) is 2. The Balaban J connectivity index is 1.99. The van der Waals surface area contributed by atoms with Gasteiger partial charge in [0.05, 0.1) is 6.10 Å². The van der Waals surface area contributed by atoms with Crippen molar-refractivity contribution in [3.8, 4) is 0 Å². The summed E-state index contributed by atoms with van der Waals surface area (Å²) < 4.78 is 1.02. The van der Waals surface area contributed by atoms with Gasteiger partial charge in [-0.3, -0.25) is 0 Å². The highest BCUT2D eigenvalue weighted by Crippen LogP contribution is 2.21. The van der Waals surface area contributed by atoms with Crippen LogP contribution in [0.3, 0.4) is 0 Å². The van der Waals surface area contributed by atoms with Crippen molar-refractivity contribution >= 4 is 33.2 Å². The summed E-state index contributed by atoms with van der Waals surface area (Å²) in [5, 5.41) is 14.0. The van der Waals surface area contributed by atoms with E-state index in [1.807, 2.05) is 37.3 Å². The fraction of sp³-hybridized carbons (Fsp3) is 0.200. The lowest BCUT2D eigenvalue weighted by Gasteiger charge is -2.14. The van der Waals surface area contributed by atoms with Crippen molar-refractivity contribution in [3.63, 3.8) is 0 Å². The van der Waals surface area contributed by atoms with Gasteiger partial charge < -0.3 is 10.4 Å². The molecule has 0 heterocycles. The van der Waals surface area contributed by atoms with Gasteiger partial charge in [0.2, 0.25) is 0 Å². The van der Waals surface area contributed by atoms with Gasteiger partial charge in [0.15, 0.2) is 0 Å². The van der Waals surface area contributed by atoms with E-state index in [0.717, 1.165) is 21.3 Å². The van der Waals surface area contributed by atoms with Crippen LogP contribution in [0.4, 0.5) is 5.69 Å². The van der Waals surface area contributed by atoms with Crippen LogP contribution in [-0.2, 0) is 0 Å². The van der Waals surface area contributed by atoms with Gasteiger partial charge in [0.25, 0.3) is 0 Å². The number of aliphatic hydroxyl groups is 1. The second-order valence-electron chi connectivity index (χ2n) is 4.47. The van der Waals surface area contributed by atoms with Crippen LogP contribution in [-0.4, -0.2) is 11.7 Å². The number of nitrogens with one attached hydrogen (secondary N) is 1. The molecule has 4 heteroatoms. The third-order valence-electron chi connectivity index (χ3n) is 2.80. The molecule has 1 atom stereocenters. The molecular formula is C15H15BrClNO. The zero-order valence-corrected chi connectivity index (χ0v) is 12.9. The van der Waals surface area contributed by atoms with E-state index in [1.165, 1.54) is 0 Å². The Morgan fingerprint density at radius 3 is 2.53 bits per heavy atom. The van der Waals surface area contributed by atoms with Gasteiger partial charge in [-0.15, -0.1) is 0 Å². The van der Waals surface area contributed by atoms with E-state index < -0.39 is 6.10 Å². The van der Waals surface area contributed by atoms with Gasteiger partial charge in [0.1, 0.15) is 0 Å². The summed E-state index contributed by atoms with van der Waals surface area (Å²) in [4.78, 5) is 0. The molecule has 0 aromatic heterocycles. The fourth-order valence-electron chi connectivity index (χ4n) is 1.86. The van der Waals surface area contributed by atoms with Crippen molar-refractivity contribution in [1.29, 1.82) is 0 Å². The van der Waals surface area contributed by atoms with E-state index in [-0.39, 0.29) is 0 Å². The zero-order valence-electron chi connectivity index (χ0n) is 10.5. The molecule has 1 unspecified atom stereocenters. The van der Waals surface area contributed by atoms with Crippen LogP contribution < -0.4 is 5.32 Å². The molecule has 19 heavy (non-hydrogen) atoms. The number of hydrogen-bond acceptors (Lipinski definition) is 2. The number of aliphatic hydroxyl groups excluding tert-OH is 1. The average molecular weight is 341 g/mol. The lowest BCUT2D eigenvalue weighted by molar-refractivity contribution is 0.191. The molecule has 100 valence electrons. The van der Waals surface area contributed by atoms with Gasteiger partial charge in [0, 0.05) is 21.7 Å². The van der Waals surface area contributed by atoms with Crippen molar-refractivity contribution in [2.75, 3.05) is 11.9 Å². The minimum absolute atomic E-state index is 0.456. The Hall–Kier alpha value is -1.03. The van der Waals surface area contributed by atoms with E-state index in [1.54, 1.807) is 12.1 Å². The monoisotopic (exact) mass is 339 g/mol. The Morgan fingerprint density at radius 1 is 1.21 bits per heavy atom. The van der Waals surface area contributed by atoms with Crippen molar-refractivity contribution in [1.82, 2.24) is 0 Å². The molecule has 0 fully saturated rings. The van der Waals surface area contributed by atoms with Crippen molar-refractivity contribution < 1.29 is 5.11 Å². The Kier molecular flexibility index (Phi) is 4.86. The first kappa shape index (κ1) is 14.4. The standard InChI is InChI=1S/C15H15BrClNO/c1-10-6-12(16)8-14(7-10)18-9-15(19)11-2-4-13(17)5-3-11/h2-8,15,18-19H,9H2,1H3. The Morgan fingerprint density at radius 2 is 1.89 bits per heavy atom. The van der Waals surface area contributed by atoms with Gasteiger partial charge >= 0.3 is 0 Å². The SMILES string of the molecule is Cc1cc(Br)cc(NCC(O)c2ccc(Cl)cc2)c1. The molecule has 0 bridgehead atoms. The molecule has 0 saturated carbocycles. The van der Waals surface area contributed by atoms with Gasteiger partial charge in [-0.2, -0.15) is 0 Å². The molecule has 0 spiro atoms. The number of benzene rings is 2. The molecule has 0 radical (unpaired) electrons. The fourth-order valence-corrected chi connectivity index (χ4v) is 2.59. The maximum atomic E-state index is 10.1. The maximum Gasteiger partial charge on any atom is 0.0962 e. The van der Waals surface area contributed by atoms with E-state index >= 15 is 0 Å². The zero-order chi connectivity index (χ0) is 13.8. The van der Waals surface area contributed by atoms with Crippen molar-refractivity contribution in [2.24, 2.45) is 0 Å². The minimum Gasteiger partial charge on any atom is -0.387 e. The molecule has 0 saturated heterocycles. The van der Waals surface area contributed by atoms with Crippen LogP contribution in [0.15, 0.2) is 46.9 Å². The highest BCUT2D eigenvalue weighted by Gasteiger charge is 2.07. The summed E-state index contributed by atoms with van der Waals surface area (Å²) in [5.74, 6) is 0. The van der Waals surface area contributed by atoms with Gasteiger partial charge in [-0.05, 0) is 48.4 Å². The maximum absolute atomic E-state index is 10.1. The largest absolute Gasteiger partial charge is 0.387 e. The van der Waals surface area contributed by atoms with E-state index in [9.17, 15) is 5.11 Å². The topological polar surface area (TPSA) is 32.3 Å². The van der Waals surface area contributed by atoms with Crippen LogP contribution in [0, 0.1) is 6.92 Å². The van der Waals surface area contributed by atoms with Crippen molar-refractivity contribution in [3.05, 3.63) is 63.1 Å². The summed E-state index contributed by atoms with van der Waals surface area (Å²) in [6.45, 7) is 2.49. The lowest BCUT2D eigenvalue weighted by atomic mass is 10.1. The van der Waals surface area contributed by atoms with E-state index in [4.69, 9.17) is 11.6 Å². The predicted molar refractivity (Wildman–Crippen MR) is 83.8 cm³/mol. The van der Waals surface area contributed by atoms with E-state index in [0.29, 0.717) is 11.6 Å². The summed E-state index contributed by atoms with van der Waals surface area (Å²) in [6.07, 6.45) is -0.559. The molecule has 0 aliphatic carbocycles. The van der Waals surface area contributed by atoms with E-state index in [2.05, 4.69) is 21.2 Å². The van der Waals surface area contributed by atoms with Crippen LogP contribution in [0.2, 0.25) is 5.02 Å². The van der Waals surface area contributed by atoms with Crippen LogP contribution in [0.5, 0.6) is 0 Å². The first-order valence-electron chi connectivity index (χ1n) is 5.99. The quantitative estimate of drug-likeness (QED) is 0.855. The minimum atomic E-state index is -0.559. The predicted octanol–water partition coefficient (Wildman–Crippen LogP) is 4.56. The Bertz CT molecular complexity index is 536. The molecule has 0 aliphatic rings. The van der Waals surface area contributed by atoms with Gasteiger partial charge in [-0.25, -0.2) is 0 Å². The second kappa shape index (κ2) is 6.42. The molecule has 2 aromatic rings. The molecular weight excluding hydrogens is 326 g/mol. The smallest absolute Gasteiger partial charge is 0.0962 e. The molecule has 2 aromatic carbocycles. The normalized spacial score (nSPS) is 12.2. The highest BCUT2D eigenvalue weighted by molar-refractivity contribution is 9.10. The van der Waals surface area contributed by atoms with Gasteiger partial charge in [-0.1, -0.05) is 39.7 Å².